The minimum Gasteiger partial charge on any atom is -0.465 e. The highest BCUT2D eigenvalue weighted by molar-refractivity contribution is 7.99. The summed E-state index contributed by atoms with van der Waals surface area (Å²) < 4.78 is 15.5. The van der Waals surface area contributed by atoms with Gasteiger partial charge in [0.1, 0.15) is 11.1 Å². The molecule has 0 radical (unpaired) electrons. The van der Waals surface area contributed by atoms with E-state index in [-0.39, 0.29) is 22.6 Å². The van der Waals surface area contributed by atoms with Crippen LogP contribution in [-0.2, 0) is 14.3 Å². The molecule has 0 atom stereocenters. The van der Waals surface area contributed by atoms with Gasteiger partial charge in [-0.15, -0.1) is 0 Å². The third-order valence-electron chi connectivity index (χ3n) is 7.44. The number of fused-ring (bicyclic) bond motifs is 1. The molecule has 4 rings (SSSR count). The van der Waals surface area contributed by atoms with E-state index in [1.165, 1.54) is 43.2 Å². The van der Waals surface area contributed by atoms with Crippen molar-refractivity contribution in [3.05, 3.63) is 52.6 Å². The van der Waals surface area contributed by atoms with Crippen LogP contribution < -0.4 is 5.32 Å². The van der Waals surface area contributed by atoms with E-state index in [0.717, 1.165) is 44.2 Å². The maximum absolute atomic E-state index is 13.0. The molecule has 2 heterocycles. The van der Waals surface area contributed by atoms with Crippen LogP contribution in [0.5, 0.6) is 0 Å². The van der Waals surface area contributed by atoms with Crippen molar-refractivity contribution in [3.63, 3.8) is 0 Å². The van der Waals surface area contributed by atoms with E-state index in [1.54, 1.807) is 6.07 Å². The number of thioether (sulfide) groups is 1. The largest absolute Gasteiger partial charge is 0.465 e. The van der Waals surface area contributed by atoms with Crippen LogP contribution in [0, 0.1) is 0 Å². The summed E-state index contributed by atoms with van der Waals surface area (Å²) in [6.45, 7) is 13.1. The summed E-state index contributed by atoms with van der Waals surface area (Å²) in [7, 11) is 2.49. The molecule has 10 nitrogen and oxygen atoms in total. The number of methoxy groups -OCH3 is 2. The Hall–Kier alpha value is -3.41. The monoisotopic (exact) mass is 596 g/mol. The van der Waals surface area contributed by atoms with E-state index < -0.39 is 11.9 Å². The second kappa shape index (κ2) is 14.2. The number of anilines is 1. The summed E-state index contributed by atoms with van der Waals surface area (Å²) in [5.41, 5.74) is 4.05. The van der Waals surface area contributed by atoms with Gasteiger partial charge in [0, 0.05) is 44.2 Å². The van der Waals surface area contributed by atoms with Crippen LogP contribution in [0.2, 0.25) is 0 Å². The summed E-state index contributed by atoms with van der Waals surface area (Å²) in [6.07, 6.45) is 0. The Labute approximate surface area is 251 Å². The first-order valence-electron chi connectivity index (χ1n) is 14.2. The van der Waals surface area contributed by atoms with Crippen molar-refractivity contribution in [2.75, 3.05) is 64.6 Å². The summed E-state index contributed by atoms with van der Waals surface area (Å²) in [6, 6.07) is 9.39. The van der Waals surface area contributed by atoms with Gasteiger partial charge in [0.15, 0.2) is 5.58 Å². The fraction of sp³-hybridized carbons (Fsp3) is 0.484. The third kappa shape index (κ3) is 7.32. The molecule has 1 saturated heterocycles. The number of esters is 2. The fourth-order valence-corrected chi connectivity index (χ4v) is 5.96. The first-order valence-corrected chi connectivity index (χ1v) is 15.2. The standard InChI is InChI=1S/C31H40N4O6S/c1-19(2)21-8-7-9-22(20(3)4)27(21)33-25(36)18-35-14-12-34(13-15-35)16-17-42-31-32-24-11-10-23(29(37)39-5)26(28(24)41-31)30(38)40-6/h7-11,19-20H,12-18H2,1-6H3,(H,33,36). The molecule has 1 aliphatic heterocycles. The van der Waals surface area contributed by atoms with Gasteiger partial charge < -0.3 is 19.2 Å². The number of benzene rings is 2. The Balaban J connectivity index is 1.29. The number of hydrogen-bond donors (Lipinski definition) is 1. The predicted octanol–water partition coefficient (Wildman–Crippen LogP) is 5.00. The topological polar surface area (TPSA) is 114 Å². The number of amides is 1. The fourth-order valence-electron chi connectivity index (χ4n) is 5.13. The molecule has 0 unspecified atom stereocenters. The summed E-state index contributed by atoms with van der Waals surface area (Å²) in [5, 5.41) is 3.63. The molecule has 3 aromatic rings. The molecule has 1 amide bonds. The van der Waals surface area contributed by atoms with E-state index in [0.29, 0.717) is 29.1 Å². The third-order valence-corrected chi connectivity index (χ3v) is 8.24. The zero-order valence-corrected chi connectivity index (χ0v) is 26.0. The summed E-state index contributed by atoms with van der Waals surface area (Å²) in [5.74, 6) is 0.0516. The van der Waals surface area contributed by atoms with Gasteiger partial charge in [-0.25, -0.2) is 14.6 Å². The lowest BCUT2D eigenvalue weighted by Crippen LogP contribution is -2.49. The smallest absolute Gasteiger partial charge is 0.342 e. The van der Waals surface area contributed by atoms with Crippen molar-refractivity contribution in [2.45, 2.75) is 44.8 Å². The number of hydrogen-bond acceptors (Lipinski definition) is 10. The van der Waals surface area contributed by atoms with E-state index in [2.05, 4.69) is 66.0 Å². The number of aromatic nitrogens is 1. The van der Waals surface area contributed by atoms with Gasteiger partial charge in [-0.05, 0) is 35.1 Å². The molecule has 0 spiro atoms. The molecule has 1 N–H and O–H groups in total. The van der Waals surface area contributed by atoms with Crippen molar-refractivity contribution >= 4 is 46.4 Å². The quantitative estimate of drug-likeness (QED) is 0.240. The number of nitrogens with zero attached hydrogens (tertiary/aromatic N) is 3. The van der Waals surface area contributed by atoms with Gasteiger partial charge in [-0.2, -0.15) is 0 Å². The van der Waals surface area contributed by atoms with Crippen LogP contribution in [0.4, 0.5) is 5.69 Å². The van der Waals surface area contributed by atoms with Crippen molar-refractivity contribution in [3.8, 4) is 0 Å². The highest BCUT2D eigenvalue weighted by Gasteiger charge is 2.26. The SMILES string of the molecule is COC(=O)c1ccc2nc(SCCN3CCN(CC(=O)Nc4c(C(C)C)cccc4C(C)C)CC3)oc2c1C(=O)OC. The Morgan fingerprint density at radius 2 is 1.55 bits per heavy atom. The van der Waals surface area contributed by atoms with Crippen molar-refractivity contribution in [1.29, 1.82) is 0 Å². The van der Waals surface area contributed by atoms with Crippen molar-refractivity contribution < 1.29 is 28.3 Å². The van der Waals surface area contributed by atoms with Crippen LogP contribution in [0.1, 0.15) is 71.4 Å². The highest BCUT2D eigenvalue weighted by Crippen LogP contribution is 2.32. The van der Waals surface area contributed by atoms with Crippen LogP contribution in [-0.4, -0.2) is 91.9 Å². The molecule has 1 aliphatic rings. The number of piperazine rings is 1. The van der Waals surface area contributed by atoms with E-state index in [9.17, 15) is 14.4 Å². The number of oxazole rings is 1. The normalized spacial score (nSPS) is 14.5. The number of carbonyl (C=O) groups is 3. The second-order valence-corrected chi connectivity index (χ2v) is 12.0. The van der Waals surface area contributed by atoms with Gasteiger partial charge in [-0.1, -0.05) is 57.7 Å². The second-order valence-electron chi connectivity index (χ2n) is 10.9. The van der Waals surface area contributed by atoms with Crippen molar-refractivity contribution in [2.24, 2.45) is 0 Å². The molecule has 0 aliphatic carbocycles. The lowest BCUT2D eigenvalue weighted by Gasteiger charge is -2.34. The van der Waals surface area contributed by atoms with Crippen LogP contribution in [0.15, 0.2) is 40.0 Å². The molecular formula is C31H40N4O6S. The lowest BCUT2D eigenvalue weighted by atomic mass is 9.92. The van der Waals surface area contributed by atoms with Gasteiger partial charge in [0.25, 0.3) is 5.22 Å². The molecular weight excluding hydrogens is 556 g/mol. The molecule has 11 heteroatoms. The first-order chi connectivity index (χ1) is 20.1. The number of para-hydroxylation sites is 1. The van der Waals surface area contributed by atoms with E-state index in [4.69, 9.17) is 13.9 Å². The average molecular weight is 597 g/mol. The van der Waals surface area contributed by atoms with Gasteiger partial charge in [0.2, 0.25) is 5.91 Å². The number of nitrogens with one attached hydrogen (secondary N) is 1. The molecule has 0 bridgehead atoms. The maximum Gasteiger partial charge on any atom is 0.342 e. The van der Waals surface area contributed by atoms with Crippen LogP contribution >= 0.6 is 11.8 Å². The molecule has 42 heavy (non-hydrogen) atoms. The van der Waals surface area contributed by atoms with Crippen LogP contribution in [0.25, 0.3) is 11.1 Å². The molecule has 2 aromatic carbocycles. The minimum atomic E-state index is -0.690. The molecule has 226 valence electrons. The van der Waals surface area contributed by atoms with Gasteiger partial charge in [-0.3, -0.25) is 14.6 Å². The first kappa shape index (κ1) is 31.5. The zero-order chi connectivity index (χ0) is 30.4. The van der Waals surface area contributed by atoms with Gasteiger partial charge >= 0.3 is 11.9 Å². The molecule has 0 saturated carbocycles. The van der Waals surface area contributed by atoms with Gasteiger partial charge in [0.05, 0.1) is 26.3 Å². The summed E-state index contributed by atoms with van der Waals surface area (Å²) >= 11 is 1.44. The van der Waals surface area contributed by atoms with Crippen LogP contribution in [0.3, 0.4) is 0 Å². The zero-order valence-electron chi connectivity index (χ0n) is 25.2. The van der Waals surface area contributed by atoms with Crippen molar-refractivity contribution in [1.82, 2.24) is 14.8 Å². The average Bonchev–Trinajstić information content (AvgIpc) is 3.39. The number of rotatable bonds is 11. The van der Waals surface area contributed by atoms with E-state index >= 15 is 0 Å². The Bertz CT molecular complexity index is 1400. The Kier molecular flexibility index (Phi) is 10.6. The van der Waals surface area contributed by atoms with E-state index in [1.807, 2.05) is 0 Å². The Morgan fingerprint density at radius 3 is 2.14 bits per heavy atom. The predicted molar refractivity (Wildman–Crippen MR) is 164 cm³/mol. The minimum absolute atomic E-state index is 0.00878. The lowest BCUT2D eigenvalue weighted by molar-refractivity contribution is -0.117. The summed E-state index contributed by atoms with van der Waals surface area (Å²) in [4.78, 5) is 46.6. The maximum atomic E-state index is 13.0. The molecule has 1 aromatic heterocycles. The molecule has 1 fully saturated rings. The Morgan fingerprint density at radius 1 is 0.929 bits per heavy atom. The highest BCUT2D eigenvalue weighted by atomic mass is 32.2. The number of ether oxygens (including phenoxy) is 2. The number of carbonyl (C=O) groups excluding carboxylic acids is 3.